The van der Waals surface area contributed by atoms with Crippen molar-refractivity contribution in [3.05, 3.63) is 97.2 Å². The molecule has 0 aliphatic rings. The fourth-order valence-corrected chi connectivity index (χ4v) is 8.79. The SMILES string of the molecule is CC/C=C\C/C=C\C/C=C\C/C=C\C/C=C\CCCCCC(=O)O[C@H](COC(=O)CCCCCCCCCCC/C=C\C/C=C\CCCCC)COC(=O)CCCCCCCCCCC/C=C\CCCCCCCC. The van der Waals surface area contributed by atoms with Crippen molar-refractivity contribution in [3.8, 4) is 0 Å². The molecule has 0 aliphatic carbocycles. The van der Waals surface area contributed by atoms with Crippen LogP contribution in [0.1, 0.15) is 303 Å². The number of carbonyl (C=O) groups is 3. The van der Waals surface area contributed by atoms with Gasteiger partial charge in [-0.15, -0.1) is 0 Å². The second kappa shape index (κ2) is 62.9. The van der Waals surface area contributed by atoms with E-state index < -0.39 is 6.10 Å². The van der Waals surface area contributed by atoms with Gasteiger partial charge >= 0.3 is 17.9 Å². The standard InChI is InChI=1S/C69H118O6/c1-4-7-10-13-16-19-22-25-28-31-34-37-40-43-46-49-52-55-58-61-67(70)73-64-66(75-69(72)63-60-57-54-51-48-45-42-39-36-33-30-27-24-21-18-15-12-9-6-3)65-74-68(71)62-59-56-53-50-47-44-41-38-35-32-29-26-23-20-17-14-11-8-5-2/h9,12,16,18-19,21,25-30,36,39,45,48,66H,4-8,10-11,13-15,17,20,22-24,31-35,37-38,40-44,46-47,49-65H2,1-3H3/b12-9-,19-16-,21-18-,28-25-,29-26-,30-27-,39-36-,48-45-/t66-/m1/s1. The second-order valence-corrected chi connectivity index (χ2v) is 20.9. The lowest BCUT2D eigenvalue weighted by Gasteiger charge is -2.18. The predicted octanol–water partition coefficient (Wildman–Crippen LogP) is 21.7. The number of hydrogen-bond acceptors (Lipinski definition) is 6. The molecule has 0 radical (unpaired) electrons. The van der Waals surface area contributed by atoms with Crippen LogP contribution < -0.4 is 0 Å². The lowest BCUT2D eigenvalue weighted by atomic mass is 10.1. The van der Waals surface area contributed by atoms with Gasteiger partial charge in [-0.25, -0.2) is 0 Å². The number of ether oxygens (including phenoxy) is 3. The molecular weight excluding hydrogens is 925 g/mol. The van der Waals surface area contributed by atoms with Crippen LogP contribution in [0.4, 0.5) is 0 Å². The smallest absolute Gasteiger partial charge is 0.306 e. The molecule has 6 heteroatoms. The third-order valence-electron chi connectivity index (χ3n) is 13.5. The molecule has 430 valence electrons. The maximum absolute atomic E-state index is 12.9. The van der Waals surface area contributed by atoms with E-state index >= 15 is 0 Å². The third-order valence-corrected chi connectivity index (χ3v) is 13.5. The molecule has 1 atom stereocenters. The zero-order chi connectivity index (χ0) is 54.3. The molecule has 0 aromatic rings. The van der Waals surface area contributed by atoms with Crippen LogP contribution in [0, 0.1) is 0 Å². The molecule has 0 amide bonds. The molecule has 0 aliphatic heterocycles. The van der Waals surface area contributed by atoms with Crippen LogP contribution in [0.5, 0.6) is 0 Å². The first-order chi connectivity index (χ1) is 37.0. The number of allylic oxidation sites excluding steroid dienone is 16. The van der Waals surface area contributed by atoms with Gasteiger partial charge in [0.25, 0.3) is 0 Å². The van der Waals surface area contributed by atoms with Gasteiger partial charge in [0.1, 0.15) is 13.2 Å². The Labute approximate surface area is 464 Å². The van der Waals surface area contributed by atoms with Crippen LogP contribution in [0.25, 0.3) is 0 Å². The molecule has 0 fully saturated rings. The Balaban J connectivity index is 4.45. The lowest BCUT2D eigenvalue weighted by Crippen LogP contribution is -2.30. The Morgan fingerprint density at radius 3 is 0.867 bits per heavy atom. The van der Waals surface area contributed by atoms with Crippen LogP contribution >= 0.6 is 0 Å². The number of esters is 3. The maximum atomic E-state index is 12.9. The molecule has 0 saturated heterocycles. The lowest BCUT2D eigenvalue weighted by molar-refractivity contribution is -0.167. The maximum Gasteiger partial charge on any atom is 0.306 e. The van der Waals surface area contributed by atoms with Gasteiger partial charge in [0.15, 0.2) is 6.10 Å². The largest absolute Gasteiger partial charge is 0.462 e. The Morgan fingerprint density at radius 1 is 0.280 bits per heavy atom. The summed E-state index contributed by atoms with van der Waals surface area (Å²) in [5, 5.41) is 0. The molecule has 0 heterocycles. The molecule has 75 heavy (non-hydrogen) atoms. The summed E-state index contributed by atoms with van der Waals surface area (Å²) < 4.78 is 16.9. The van der Waals surface area contributed by atoms with E-state index in [1.165, 1.54) is 161 Å². The van der Waals surface area contributed by atoms with E-state index in [-0.39, 0.29) is 37.5 Å². The van der Waals surface area contributed by atoms with Crippen molar-refractivity contribution in [1.29, 1.82) is 0 Å². The topological polar surface area (TPSA) is 78.9 Å². The molecule has 0 saturated carbocycles. The van der Waals surface area contributed by atoms with Crippen molar-refractivity contribution in [3.63, 3.8) is 0 Å². The van der Waals surface area contributed by atoms with Gasteiger partial charge < -0.3 is 14.2 Å². The molecule has 0 rings (SSSR count). The van der Waals surface area contributed by atoms with Gasteiger partial charge in [0.2, 0.25) is 0 Å². The summed E-state index contributed by atoms with van der Waals surface area (Å²) in [4.78, 5) is 38.3. The first-order valence-electron chi connectivity index (χ1n) is 31.7. The minimum Gasteiger partial charge on any atom is -0.462 e. The van der Waals surface area contributed by atoms with Crippen molar-refractivity contribution in [2.45, 2.75) is 309 Å². The number of hydrogen-bond donors (Lipinski definition) is 0. The summed E-state index contributed by atoms with van der Waals surface area (Å²) in [6.45, 7) is 6.49. The van der Waals surface area contributed by atoms with Crippen molar-refractivity contribution in [1.82, 2.24) is 0 Å². The Bertz CT molecular complexity index is 1480. The van der Waals surface area contributed by atoms with Crippen LogP contribution in [-0.2, 0) is 28.6 Å². The quantitative estimate of drug-likeness (QED) is 0.0261. The van der Waals surface area contributed by atoms with Crippen molar-refractivity contribution in [2.75, 3.05) is 13.2 Å². The van der Waals surface area contributed by atoms with Crippen LogP contribution in [0.15, 0.2) is 97.2 Å². The van der Waals surface area contributed by atoms with E-state index in [4.69, 9.17) is 14.2 Å². The van der Waals surface area contributed by atoms with Crippen molar-refractivity contribution >= 4 is 17.9 Å². The molecular formula is C69H118O6. The van der Waals surface area contributed by atoms with E-state index in [1.54, 1.807) is 0 Å². The van der Waals surface area contributed by atoms with Gasteiger partial charge in [0.05, 0.1) is 0 Å². The van der Waals surface area contributed by atoms with E-state index in [0.29, 0.717) is 12.8 Å². The average molecular weight is 1040 g/mol. The molecule has 0 spiro atoms. The van der Waals surface area contributed by atoms with Gasteiger partial charge in [-0.3, -0.25) is 14.4 Å². The summed E-state index contributed by atoms with van der Waals surface area (Å²) in [6.07, 6.45) is 84.0. The summed E-state index contributed by atoms with van der Waals surface area (Å²) in [6, 6.07) is 0. The number of carbonyl (C=O) groups excluding carboxylic acids is 3. The highest BCUT2D eigenvalue weighted by molar-refractivity contribution is 5.71. The number of rotatable bonds is 57. The van der Waals surface area contributed by atoms with Crippen molar-refractivity contribution < 1.29 is 28.6 Å². The van der Waals surface area contributed by atoms with Crippen LogP contribution in [0.3, 0.4) is 0 Å². The summed E-state index contributed by atoms with van der Waals surface area (Å²) in [5.74, 6) is -0.922. The first-order valence-corrected chi connectivity index (χ1v) is 31.7. The highest BCUT2D eigenvalue weighted by atomic mass is 16.6. The zero-order valence-electron chi connectivity index (χ0n) is 49.3. The second-order valence-electron chi connectivity index (χ2n) is 20.9. The molecule has 6 nitrogen and oxygen atoms in total. The van der Waals surface area contributed by atoms with E-state index in [2.05, 4.69) is 118 Å². The van der Waals surface area contributed by atoms with Gasteiger partial charge in [-0.05, 0) is 122 Å². The van der Waals surface area contributed by atoms with Crippen molar-refractivity contribution in [2.24, 2.45) is 0 Å². The molecule has 0 aromatic carbocycles. The highest BCUT2D eigenvalue weighted by Gasteiger charge is 2.19. The molecule has 0 bridgehead atoms. The molecule has 0 aromatic heterocycles. The van der Waals surface area contributed by atoms with E-state index in [0.717, 1.165) is 103 Å². The average Bonchev–Trinajstić information content (AvgIpc) is 3.41. The Kier molecular flexibility index (Phi) is 59.8. The fraction of sp³-hybridized carbons (Fsp3) is 0.725. The highest BCUT2D eigenvalue weighted by Crippen LogP contribution is 2.16. The monoisotopic (exact) mass is 1040 g/mol. The summed E-state index contributed by atoms with van der Waals surface area (Å²) in [5.41, 5.74) is 0. The van der Waals surface area contributed by atoms with E-state index in [1.807, 2.05) is 0 Å². The normalized spacial score (nSPS) is 12.7. The minimum atomic E-state index is -0.800. The fourth-order valence-electron chi connectivity index (χ4n) is 8.79. The first kappa shape index (κ1) is 71.3. The van der Waals surface area contributed by atoms with Gasteiger partial charge in [-0.1, -0.05) is 259 Å². The Hall–Kier alpha value is -3.67. The van der Waals surface area contributed by atoms with E-state index in [9.17, 15) is 14.4 Å². The van der Waals surface area contributed by atoms with Crippen LogP contribution in [0.2, 0.25) is 0 Å². The Morgan fingerprint density at radius 2 is 0.520 bits per heavy atom. The number of unbranched alkanes of at least 4 members (excludes halogenated alkanes) is 30. The van der Waals surface area contributed by atoms with Gasteiger partial charge in [-0.2, -0.15) is 0 Å². The van der Waals surface area contributed by atoms with Crippen LogP contribution in [-0.4, -0.2) is 37.2 Å². The molecule has 0 unspecified atom stereocenters. The third kappa shape index (κ3) is 61.1. The predicted molar refractivity (Wildman–Crippen MR) is 325 cm³/mol. The molecule has 0 N–H and O–H groups in total. The summed E-state index contributed by atoms with van der Waals surface area (Å²) >= 11 is 0. The summed E-state index contributed by atoms with van der Waals surface area (Å²) in [7, 11) is 0. The minimum absolute atomic E-state index is 0.0929. The van der Waals surface area contributed by atoms with Gasteiger partial charge in [0, 0.05) is 19.3 Å². The zero-order valence-corrected chi connectivity index (χ0v) is 49.3.